The number of amides is 1. The van der Waals surface area contributed by atoms with Gasteiger partial charge in [0.25, 0.3) is 5.91 Å². The first-order chi connectivity index (χ1) is 9.13. The largest absolute Gasteiger partial charge is 0.365 e. The van der Waals surface area contributed by atoms with Crippen LogP contribution in [-0.4, -0.2) is 17.4 Å². The fourth-order valence-electron chi connectivity index (χ4n) is 1.94. The molecule has 3 nitrogen and oxygen atoms in total. The van der Waals surface area contributed by atoms with E-state index in [1.54, 1.807) is 11.8 Å². The van der Waals surface area contributed by atoms with Crippen LogP contribution in [0, 0.1) is 0 Å². The Morgan fingerprint density at radius 3 is 2.68 bits per heavy atom. The Hall–Kier alpha value is -1.20. The fraction of sp³-hybridized carbons (Fsp3) is 0.286. The molecule has 0 aromatic heterocycles. The third-order valence-corrected chi connectivity index (χ3v) is 5.34. The Kier molecular flexibility index (Phi) is 4.71. The van der Waals surface area contributed by atoms with E-state index in [4.69, 9.17) is 5.73 Å². The number of primary amides is 1. The number of Topliss-reactive ketones (excluding diaryl/α,β-unsaturated/α-hetero) is 1. The van der Waals surface area contributed by atoms with Crippen LogP contribution in [0.4, 0.5) is 0 Å². The van der Waals surface area contributed by atoms with Crippen LogP contribution in [0.5, 0.6) is 0 Å². The van der Waals surface area contributed by atoms with Crippen LogP contribution in [-0.2, 0) is 9.59 Å². The zero-order valence-electron chi connectivity index (χ0n) is 10.6. The molecule has 0 radical (unpaired) electrons. The zero-order chi connectivity index (χ0) is 13.8. The molecule has 2 rings (SSSR count). The molecule has 100 valence electrons. The van der Waals surface area contributed by atoms with Crippen molar-refractivity contribution >= 4 is 35.2 Å². The van der Waals surface area contributed by atoms with Crippen LogP contribution in [0.25, 0.3) is 0 Å². The van der Waals surface area contributed by atoms with Crippen molar-refractivity contribution in [1.29, 1.82) is 0 Å². The fourth-order valence-corrected chi connectivity index (χ4v) is 4.66. The standard InChI is InChI=1S/C14H15NO2S2/c1-2-18-14-12(13(15)17)10(16)8-11(19-14)9-6-4-3-5-7-9/h3-7,11H,2,8H2,1H3,(H2,15,17). The number of hydrogen-bond acceptors (Lipinski definition) is 4. The molecular formula is C14H15NO2S2. The molecule has 0 saturated carbocycles. The predicted molar refractivity (Wildman–Crippen MR) is 80.8 cm³/mol. The van der Waals surface area contributed by atoms with Gasteiger partial charge in [-0.25, -0.2) is 0 Å². The van der Waals surface area contributed by atoms with Crippen molar-refractivity contribution in [3.05, 3.63) is 45.7 Å². The number of rotatable bonds is 4. The number of carbonyl (C=O) groups excluding carboxylic acids is 2. The van der Waals surface area contributed by atoms with Crippen LogP contribution in [0.1, 0.15) is 24.2 Å². The van der Waals surface area contributed by atoms with E-state index in [0.29, 0.717) is 6.42 Å². The van der Waals surface area contributed by atoms with Crippen LogP contribution in [0.2, 0.25) is 0 Å². The molecule has 1 aromatic carbocycles. The molecule has 19 heavy (non-hydrogen) atoms. The van der Waals surface area contributed by atoms with Gasteiger partial charge < -0.3 is 5.73 Å². The molecule has 1 unspecified atom stereocenters. The Morgan fingerprint density at radius 1 is 1.42 bits per heavy atom. The average molecular weight is 293 g/mol. The molecular weight excluding hydrogens is 278 g/mol. The summed E-state index contributed by atoms with van der Waals surface area (Å²) in [6, 6.07) is 9.88. The third kappa shape index (κ3) is 3.22. The zero-order valence-corrected chi connectivity index (χ0v) is 12.2. The first kappa shape index (κ1) is 14.2. The average Bonchev–Trinajstić information content (AvgIpc) is 2.39. The topological polar surface area (TPSA) is 60.2 Å². The number of ketones is 1. The molecule has 0 saturated heterocycles. The quantitative estimate of drug-likeness (QED) is 0.867. The summed E-state index contributed by atoms with van der Waals surface area (Å²) in [5.74, 6) is 0.0597. The van der Waals surface area contributed by atoms with Gasteiger partial charge in [0.15, 0.2) is 5.78 Å². The maximum Gasteiger partial charge on any atom is 0.254 e. The van der Waals surface area contributed by atoms with E-state index in [-0.39, 0.29) is 16.6 Å². The summed E-state index contributed by atoms with van der Waals surface area (Å²) >= 11 is 3.08. The minimum absolute atomic E-state index is 0.0749. The molecule has 1 aliphatic rings. The van der Waals surface area contributed by atoms with Crippen LogP contribution >= 0.6 is 23.5 Å². The summed E-state index contributed by atoms with van der Waals surface area (Å²) in [5, 5.41) is 0.0749. The molecule has 1 aliphatic heterocycles. The van der Waals surface area contributed by atoms with E-state index in [1.165, 1.54) is 11.8 Å². The SMILES string of the molecule is CCSC1=C(C(N)=O)C(=O)CC(c2ccccc2)S1. The van der Waals surface area contributed by atoms with E-state index in [2.05, 4.69) is 0 Å². The summed E-state index contributed by atoms with van der Waals surface area (Å²) in [7, 11) is 0. The molecule has 1 heterocycles. The Morgan fingerprint density at radius 2 is 2.11 bits per heavy atom. The van der Waals surface area contributed by atoms with E-state index in [0.717, 1.165) is 15.6 Å². The molecule has 1 aromatic rings. The molecule has 0 aliphatic carbocycles. The van der Waals surface area contributed by atoms with Gasteiger partial charge in [-0.05, 0) is 11.3 Å². The number of carbonyl (C=O) groups is 2. The maximum absolute atomic E-state index is 12.1. The van der Waals surface area contributed by atoms with E-state index >= 15 is 0 Å². The number of nitrogens with two attached hydrogens (primary N) is 1. The highest BCUT2D eigenvalue weighted by Gasteiger charge is 2.32. The van der Waals surface area contributed by atoms with Crippen molar-refractivity contribution in [3.63, 3.8) is 0 Å². The first-order valence-corrected chi connectivity index (χ1v) is 7.91. The second-order valence-corrected chi connectivity index (χ2v) is 6.85. The van der Waals surface area contributed by atoms with Gasteiger partial charge in [-0.15, -0.1) is 23.5 Å². The lowest BCUT2D eigenvalue weighted by Crippen LogP contribution is -2.25. The number of hydrogen-bond donors (Lipinski definition) is 1. The highest BCUT2D eigenvalue weighted by Crippen LogP contribution is 2.47. The minimum atomic E-state index is -0.611. The summed E-state index contributed by atoms with van der Waals surface area (Å²) in [4.78, 5) is 23.5. The normalized spacial score (nSPS) is 19.6. The Balaban J connectivity index is 2.32. The number of thioether (sulfide) groups is 2. The van der Waals surface area contributed by atoms with Crippen molar-refractivity contribution in [3.8, 4) is 0 Å². The summed E-state index contributed by atoms with van der Waals surface area (Å²) in [6.07, 6.45) is 0.334. The van der Waals surface area contributed by atoms with Crippen molar-refractivity contribution < 1.29 is 9.59 Å². The van der Waals surface area contributed by atoms with Gasteiger partial charge in [0.1, 0.15) is 5.57 Å². The monoisotopic (exact) mass is 293 g/mol. The first-order valence-electron chi connectivity index (χ1n) is 6.05. The molecule has 1 atom stereocenters. The lowest BCUT2D eigenvalue weighted by molar-refractivity contribution is -0.121. The lowest BCUT2D eigenvalue weighted by Gasteiger charge is -2.24. The molecule has 0 bridgehead atoms. The Bertz CT molecular complexity index is 526. The number of benzene rings is 1. The molecule has 1 amide bonds. The van der Waals surface area contributed by atoms with Gasteiger partial charge in [0, 0.05) is 11.7 Å². The maximum atomic E-state index is 12.1. The second-order valence-electron chi connectivity index (χ2n) is 4.10. The predicted octanol–water partition coefficient (Wildman–Crippen LogP) is 2.88. The Labute approximate surface area is 121 Å². The van der Waals surface area contributed by atoms with Gasteiger partial charge in [-0.3, -0.25) is 9.59 Å². The highest BCUT2D eigenvalue weighted by molar-refractivity contribution is 8.22. The lowest BCUT2D eigenvalue weighted by atomic mass is 10.0. The van der Waals surface area contributed by atoms with E-state index < -0.39 is 5.91 Å². The third-order valence-electron chi connectivity index (χ3n) is 2.80. The minimum Gasteiger partial charge on any atom is -0.365 e. The summed E-state index contributed by atoms with van der Waals surface area (Å²) in [5.41, 5.74) is 6.61. The van der Waals surface area contributed by atoms with Gasteiger partial charge in [0.05, 0.1) is 4.24 Å². The molecule has 0 fully saturated rings. The van der Waals surface area contributed by atoms with Gasteiger partial charge in [-0.1, -0.05) is 37.3 Å². The highest BCUT2D eigenvalue weighted by atomic mass is 32.2. The smallest absolute Gasteiger partial charge is 0.254 e. The van der Waals surface area contributed by atoms with Crippen LogP contribution < -0.4 is 5.73 Å². The summed E-state index contributed by atoms with van der Waals surface area (Å²) < 4.78 is 0.764. The van der Waals surface area contributed by atoms with E-state index in [1.807, 2.05) is 37.3 Å². The van der Waals surface area contributed by atoms with Crippen LogP contribution in [0.3, 0.4) is 0 Å². The second kappa shape index (κ2) is 6.30. The van der Waals surface area contributed by atoms with Gasteiger partial charge in [0.2, 0.25) is 0 Å². The molecule has 5 heteroatoms. The van der Waals surface area contributed by atoms with Crippen molar-refractivity contribution in [2.75, 3.05) is 5.75 Å². The van der Waals surface area contributed by atoms with Crippen molar-refractivity contribution in [1.82, 2.24) is 0 Å². The van der Waals surface area contributed by atoms with Gasteiger partial charge >= 0.3 is 0 Å². The van der Waals surface area contributed by atoms with Crippen molar-refractivity contribution in [2.24, 2.45) is 5.73 Å². The van der Waals surface area contributed by atoms with Crippen LogP contribution in [0.15, 0.2) is 40.1 Å². The summed E-state index contributed by atoms with van der Waals surface area (Å²) in [6.45, 7) is 1.99. The molecule has 2 N–H and O–H groups in total. The van der Waals surface area contributed by atoms with Crippen molar-refractivity contribution in [2.45, 2.75) is 18.6 Å². The molecule has 0 spiro atoms. The van der Waals surface area contributed by atoms with E-state index in [9.17, 15) is 9.59 Å². The van der Waals surface area contributed by atoms with Gasteiger partial charge in [-0.2, -0.15) is 0 Å².